The molecule has 26 heavy (non-hydrogen) atoms. The van der Waals surface area contributed by atoms with Crippen LogP contribution in [0.3, 0.4) is 0 Å². The molecule has 0 saturated heterocycles. The molecule has 0 unspecified atom stereocenters. The minimum absolute atomic E-state index is 0.0372. The summed E-state index contributed by atoms with van der Waals surface area (Å²) in [6.07, 6.45) is 0.659. The zero-order valence-electron chi connectivity index (χ0n) is 14.2. The lowest BCUT2D eigenvalue weighted by Crippen LogP contribution is -2.21. The second-order valence-corrected chi connectivity index (χ2v) is 7.70. The van der Waals surface area contributed by atoms with Crippen molar-refractivity contribution in [3.63, 3.8) is 0 Å². The zero-order chi connectivity index (χ0) is 18.6. The lowest BCUT2D eigenvalue weighted by Gasteiger charge is -2.25. The average Bonchev–Trinajstić information content (AvgIpc) is 2.66. The molecule has 0 heterocycles. The normalized spacial score (nSPS) is 13.9. The number of rotatable bonds is 6. The van der Waals surface area contributed by atoms with E-state index in [1.165, 1.54) is 12.1 Å². The molecule has 134 valence electrons. The molecule has 0 radical (unpaired) electrons. The van der Waals surface area contributed by atoms with E-state index in [-0.39, 0.29) is 16.9 Å². The van der Waals surface area contributed by atoms with Crippen molar-refractivity contribution in [1.29, 1.82) is 0 Å². The lowest BCUT2D eigenvalue weighted by atomic mass is 9.83. The predicted octanol–water partition coefficient (Wildman–Crippen LogP) is 3.96. The summed E-state index contributed by atoms with van der Waals surface area (Å²) in [5, 5.41) is 0. The summed E-state index contributed by atoms with van der Waals surface area (Å²) in [7, 11) is -4.18. The van der Waals surface area contributed by atoms with Crippen LogP contribution in [0.2, 0.25) is 0 Å². The van der Waals surface area contributed by atoms with Gasteiger partial charge in [-0.2, -0.15) is 8.42 Å². The van der Waals surface area contributed by atoms with Crippen molar-refractivity contribution < 1.29 is 13.0 Å². The van der Waals surface area contributed by atoms with E-state index in [1.54, 1.807) is 12.1 Å². The first-order chi connectivity index (χ1) is 12.4. The van der Waals surface area contributed by atoms with E-state index in [4.69, 9.17) is 10.3 Å². The van der Waals surface area contributed by atoms with E-state index in [1.807, 2.05) is 48.5 Å². The van der Waals surface area contributed by atoms with E-state index in [2.05, 4.69) is 12.1 Å². The maximum atomic E-state index is 11.2. The van der Waals surface area contributed by atoms with Crippen LogP contribution in [-0.4, -0.2) is 13.0 Å². The first kappa shape index (κ1) is 18.3. The fraction of sp³-hybridized carbons (Fsp3) is 0.143. The van der Waals surface area contributed by atoms with Gasteiger partial charge in [0.25, 0.3) is 10.1 Å². The SMILES string of the molecule is N[C@@H](c1ccccc1)[C@H](Cc1ccc(S(=O)(=O)O)cc1)c1ccccc1. The van der Waals surface area contributed by atoms with Gasteiger partial charge in [0.15, 0.2) is 0 Å². The first-order valence-electron chi connectivity index (χ1n) is 8.37. The van der Waals surface area contributed by atoms with Crippen LogP contribution in [-0.2, 0) is 16.5 Å². The molecule has 0 aliphatic carbocycles. The van der Waals surface area contributed by atoms with E-state index in [9.17, 15) is 8.42 Å². The number of benzene rings is 3. The molecule has 0 aliphatic heterocycles. The molecule has 0 bridgehead atoms. The fourth-order valence-corrected chi connectivity index (χ4v) is 3.59. The number of hydrogen-bond acceptors (Lipinski definition) is 3. The molecule has 2 atom stereocenters. The van der Waals surface area contributed by atoms with Gasteiger partial charge in [-0.1, -0.05) is 72.8 Å². The molecule has 5 heteroatoms. The van der Waals surface area contributed by atoms with E-state index in [0.29, 0.717) is 6.42 Å². The van der Waals surface area contributed by atoms with Gasteiger partial charge in [0.2, 0.25) is 0 Å². The van der Waals surface area contributed by atoms with Crippen molar-refractivity contribution in [2.45, 2.75) is 23.3 Å². The van der Waals surface area contributed by atoms with Crippen molar-refractivity contribution >= 4 is 10.1 Å². The highest BCUT2D eigenvalue weighted by atomic mass is 32.2. The third-order valence-corrected chi connectivity index (χ3v) is 5.39. The van der Waals surface area contributed by atoms with Gasteiger partial charge < -0.3 is 5.73 Å². The van der Waals surface area contributed by atoms with E-state index in [0.717, 1.165) is 16.7 Å². The monoisotopic (exact) mass is 367 g/mol. The Bertz CT molecular complexity index is 940. The highest BCUT2D eigenvalue weighted by Crippen LogP contribution is 2.32. The molecule has 0 aliphatic rings. The largest absolute Gasteiger partial charge is 0.323 e. The molecule has 0 aromatic heterocycles. The van der Waals surface area contributed by atoms with Crippen molar-refractivity contribution in [2.75, 3.05) is 0 Å². The molecule has 0 fully saturated rings. The first-order valence-corrected chi connectivity index (χ1v) is 9.81. The lowest BCUT2D eigenvalue weighted by molar-refractivity contribution is 0.483. The van der Waals surface area contributed by atoms with E-state index < -0.39 is 10.1 Å². The quantitative estimate of drug-likeness (QED) is 0.646. The van der Waals surface area contributed by atoms with Gasteiger partial charge in [0.1, 0.15) is 0 Å². The van der Waals surface area contributed by atoms with Crippen LogP contribution in [0.1, 0.15) is 28.7 Å². The summed E-state index contributed by atoms with van der Waals surface area (Å²) in [4.78, 5) is -0.107. The Kier molecular flexibility index (Phi) is 5.52. The van der Waals surface area contributed by atoms with Gasteiger partial charge >= 0.3 is 0 Å². The Morgan fingerprint density at radius 1 is 0.769 bits per heavy atom. The van der Waals surface area contributed by atoms with Crippen molar-refractivity contribution in [3.05, 3.63) is 102 Å². The third-order valence-electron chi connectivity index (χ3n) is 4.52. The van der Waals surface area contributed by atoms with Gasteiger partial charge in [0, 0.05) is 12.0 Å². The van der Waals surface area contributed by atoms with Crippen LogP contribution < -0.4 is 5.73 Å². The highest BCUT2D eigenvalue weighted by Gasteiger charge is 2.22. The Morgan fingerprint density at radius 2 is 1.27 bits per heavy atom. The Morgan fingerprint density at radius 3 is 1.77 bits per heavy atom. The Labute approximate surface area is 154 Å². The molecule has 0 amide bonds. The summed E-state index contributed by atoms with van der Waals surface area (Å²) < 4.78 is 31.6. The van der Waals surface area contributed by atoms with E-state index >= 15 is 0 Å². The van der Waals surface area contributed by atoms with Crippen LogP contribution in [0, 0.1) is 0 Å². The third kappa shape index (κ3) is 4.38. The number of nitrogens with two attached hydrogens (primary N) is 1. The summed E-state index contributed by atoms with van der Waals surface area (Å²) in [6, 6.07) is 26.1. The van der Waals surface area contributed by atoms with Crippen LogP contribution in [0.25, 0.3) is 0 Å². The standard InChI is InChI=1S/C21H21NO3S/c22-21(18-9-5-2-6-10-18)20(17-7-3-1-4-8-17)15-16-11-13-19(14-12-16)26(23,24)25/h1-14,20-21H,15,22H2,(H,23,24,25)/t20-,21+/m1/s1. The summed E-state index contributed by atoms with van der Waals surface area (Å²) >= 11 is 0. The minimum Gasteiger partial charge on any atom is -0.323 e. The van der Waals surface area contributed by atoms with Gasteiger partial charge in [-0.25, -0.2) is 0 Å². The predicted molar refractivity (Wildman–Crippen MR) is 103 cm³/mol. The van der Waals surface area contributed by atoms with Crippen LogP contribution in [0.15, 0.2) is 89.8 Å². The van der Waals surface area contributed by atoms with Crippen molar-refractivity contribution in [2.24, 2.45) is 5.73 Å². The molecule has 0 spiro atoms. The number of hydrogen-bond donors (Lipinski definition) is 2. The molecule has 4 nitrogen and oxygen atoms in total. The maximum absolute atomic E-state index is 11.2. The molecule has 3 aromatic carbocycles. The summed E-state index contributed by atoms with van der Waals surface area (Å²) in [5.41, 5.74) is 9.72. The minimum atomic E-state index is -4.18. The smallest absolute Gasteiger partial charge is 0.294 e. The van der Waals surface area contributed by atoms with Crippen LogP contribution >= 0.6 is 0 Å². The Balaban J connectivity index is 1.92. The zero-order valence-corrected chi connectivity index (χ0v) is 15.0. The van der Waals surface area contributed by atoms with Crippen LogP contribution in [0.5, 0.6) is 0 Å². The summed E-state index contributed by atoms with van der Waals surface area (Å²) in [6.45, 7) is 0. The second kappa shape index (κ2) is 7.83. The Hall–Kier alpha value is -2.47. The summed E-state index contributed by atoms with van der Waals surface area (Å²) in [5.74, 6) is 0.0372. The molecular formula is C21H21NO3S. The maximum Gasteiger partial charge on any atom is 0.294 e. The molecular weight excluding hydrogens is 346 g/mol. The molecule has 3 rings (SSSR count). The average molecular weight is 367 g/mol. The van der Waals surface area contributed by atoms with Crippen LogP contribution in [0.4, 0.5) is 0 Å². The molecule has 3 aromatic rings. The molecule has 3 N–H and O–H groups in total. The van der Waals surface area contributed by atoms with Gasteiger partial charge in [0.05, 0.1) is 4.90 Å². The van der Waals surface area contributed by atoms with Gasteiger partial charge in [-0.15, -0.1) is 0 Å². The van der Waals surface area contributed by atoms with Gasteiger partial charge in [-0.05, 0) is 35.2 Å². The van der Waals surface area contributed by atoms with Crippen molar-refractivity contribution in [3.8, 4) is 0 Å². The highest BCUT2D eigenvalue weighted by molar-refractivity contribution is 7.85. The second-order valence-electron chi connectivity index (χ2n) is 6.28. The van der Waals surface area contributed by atoms with Gasteiger partial charge in [-0.3, -0.25) is 4.55 Å². The topological polar surface area (TPSA) is 80.4 Å². The fourth-order valence-electron chi connectivity index (χ4n) is 3.11. The molecule has 0 saturated carbocycles. The van der Waals surface area contributed by atoms with Crippen molar-refractivity contribution in [1.82, 2.24) is 0 Å².